The fourth-order valence-corrected chi connectivity index (χ4v) is 1.94. The fraction of sp³-hybridized carbons (Fsp3) is 0.818. The van der Waals surface area contributed by atoms with Gasteiger partial charge in [0.2, 0.25) is 0 Å². The lowest BCUT2D eigenvalue weighted by atomic mass is 9.85. The van der Waals surface area contributed by atoms with E-state index in [0.29, 0.717) is 13.0 Å². The molecule has 0 aromatic carbocycles. The lowest BCUT2D eigenvalue weighted by Gasteiger charge is -2.40. The molecule has 0 aromatic heterocycles. The van der Waals surface area contributed by atoms with Crippen molar-refractivity contribution >= 4 is 0 Å². The van der Waals surface area contributed by atoms with Crippen LogP contribution in [0.4, 0.5) is 0 Å². The van der Waals surface area contributed by atoms with Gasteiger partial charge in [-0.3, -0.25) is 0 Å². The average molecular weight is 197 g/mol. The molecular weight excluding hydrogens is 178 g/mol. The van der Waals surface area contributed by atoms with Crippen LogP contribution < -0.4 is 5.73 Å². The minimum absolute atomic E-state index is 0.0728. The summed E-state index contributed by atoms with van der Waals surface area (Å²) in [5.41, 5.74) is 5.81. The predicted molar refractivity (Wildman–Crippen MR) is 55.8 cm³/mol. The van der Waals surface area contributed by atoms with Gasteiger partial charge in [-0.2, -0.15) is 0 Å². The molecule has 0 aliphatic carbocycles. The van der Waals surface area contributed by atoms with E-state index < -0.39 is 0 Å². The van der Waals surface area contributed by atoms with E-state index in [2.05, 4.69) is 5.92 Å². The van der Waals surface area contributed by atoms with Crippen LogP contribution in [0.2, 0.25) is 0 Å². The first-order chi connectivity index (χ1) is 6.75. The van der Waals surface area contributed by atoms with E-state index in [1.54, 1.807) is 0 Å². The molecule has 1 unspecified atom stereocenters. The molecule has 1 rings (SSSR count). The van der Waals surface area contributed by atoms with Crippen LogP contribution in [-0.4, -0.2) is 31.5 Å². The Bertz CT molecular complexity index is 198. The molecular formula is C11H19NO2. The third-order valence-electron chi connectivity index (χ3n) is 2.78. The zero-order valence-corrected chi connectivity index (χ0v) is 8.79. The summed E-state index contributed by atoms with van der Waals surface area (Å²) in [7, 11) is 0. The van der Waals surface area contributed by atoms with E-state index >= 15 is 0 Å². The average Bonchev–Trinajstić information content (AvgIpc) is 2.20. The predicted octanol–water partition coefficient (Wildman–Crippen LogP) is 0.923. The highest BCUT2D eigenvalue weighted by Crippen LogP contribution is 2.29. The standard InChI is InChI=1S/C11H19NO2/c1-3-5-10(12)11(14-4-2)6-8-13-9-7-11/h1,10H,4-9,12H2,2H3. The highest BCUT2D eigenvalue weighted by molar-refractivity contribution is 5.00. The Hall–Kier alpha value is -0.560. The fourth-order valence-electron chi connectivity index (χ4n) is 1.94. The molecule has 2 N–H and O–H groups in total. The van der Waals surface area contributed by atoms with Crippen LogP contribution in [0.3, 0.4) is 0 Å². The Morgan fingerprint density at radius 2 is 2.21 bits per heavy atom. The van der Waals surface area contributed by atoms with Gasteiger partial charge >= 0.3 is 0 Å². The van der Waals surface area contributed by atoms with Crippen LogP contribution in [0.25, 0.3) is 0 Å². The second-order valence-electron chi connectivity index (χ2n) is 3.62. The number of hydrogen-bond acceptors (Lipinski definition) is 3. The summed E-state index contributed by atoms with van der Waals surface area (Å²) in [6.45, 7) is 4.11. The normalized spacial score (nSPS) is 22.6. The van der Waals surface area contributed by atoms with Crippen molar-refractivity contribution in [1.29, 1.82) is 0 Å². The summed E-state index contributed by atoms with van der Waals surface area (Å²) >= 11 is 0. The molecule has 0 radical (unpaired) electrons. The Kier molecular flexibility index (Phi) is 4.40. The lowest BCUT2D eigenvalue weighted by Crippen LogP contribution is -2.53. The SMILES string of the molecule is C#CCC(N)C1(OCC)CCOCC1. The second-order valence-corrected chi connectivity index (χ2v) is 3.62. The van der Waals surface area contributed by atoms with Crippen molar-refractivity contribution in [1.82, 2.24) is 0 Å². The summed E-state index contributed by atoms with van der Waals surface area (Å²) in [5.74, 6) is 2.60. The number of hydrogen-bond donors (Lipinski definition) is 1. The van der Waals surface area contributed by atoms with E-state index in [1.165, 1.54) is 0 Å². The summed E-state index contributed by atoms with van der Waals surface area (Å²) in [4.78, 5) is 0. The van der Waals surface area contributed by atoms with Gasteiger partial charge in [0.25, 0.3) is 0 Å². The Labute approximate surface area is 85.9 Å². The minimum Gasteiger partial charge on any atom is -0.381 e. The van der Waals surface area contributed by atoms with E-state index in [4.69, 9.17) is 21.6 Å². The number of ether oxygens (including phenoxy) is 2. The summed E-state index contributed by atoms with van der Waals surface area (Å²) in [6, 6.07) is -0.0728. The van der Waals surface area contributed by atoms with Gasteiger partial charge in [0.1, 0.15) is 0 Å². The Morgan fingerprint density at radius 1 is 1.57 bits per heavy atom. The molecule has 3 nitrogen and oxygen atoms in total. The molecule has 1 saturated heterocycles. The summed E-state index contributed by atoms with van der Waals surface area (Å²) < 4.78 is 11.1. The zero-order valence-electron chi connectivity index (χ0n) is 8.79. The quantitative estimate of drug-likeness (QED) is 0.682. The highest BCUT2D eigenvalue weighted by Gasteiger charge is 2.38. The second kappa shape index (κ2) is 5.35. The number of nitrogens with two attached hydrogens (primary N) is 1. The van der Waals surface area contributed by atoms with Gasteiger partial charge in [0, 0.05) is 45.1 Å². The van der Waals surface area contributed by atoms with Gasteiger partial charge in [-0.25, -0.2) is 0 Å². The number of rotatable bonds is 4. The topological polar surface area (TPSA) is 44.5 Å². The third kappa shape index (κ3) is 2.48. The molecule has 1 atom stereocenters. The molecule has 1 aliphatic rings. The van der Waals surface area contributed by atoms with E-state index in [0.717, 1.165) is 26.1 Å². The van der Waals surface area contributed by atoms with Crippen molar-refractivity contribution in [2.75, 3.05) is 19.8 Å². The van der Waals surface area contributed by atoms with Crippen molar-refractivity contribution in [2.45, 2.75) is 37.8 Å². The first-order valence-electron chi connectivity index (χ1n) is 5.16. The van der Waals surface area contributed by atoms with Gasteiger partial charge in [-0.05, 0) is 6.92 Å². The third-order valence-corrected chi connectivity index (χ3v) is 2.78. The van der Waals surface area contributed by atoms with Crippen molar-refractivity contribution in [3.63, 3.8) is 0 Å². The van der Waals surface area contributed by atoms with Crippen LogP contribution in [0.1, 0.15) is 26.2 Å². The monoisotopic (exact) mass is 197 g/mol. The molecule has 1 aliphatic heterocycles. The Morgan fingerprint density at radius 3 is 2.71 bits per heavy atom. The van der Waals surface area contributed by atoms with E-state index in [1.807, 2.05) is 6.92 Å². The molecule has 0 aromatic rings. The van der Waals surface area contributed by atoms with Crippen LogP contribution in [0.5, 0.6) is 0 Å². The van der Waals surface area contributed by atoms with Crippen LogP contribution in [0.15, 0.2) is 0 Å². The van der Waals surface area contributed by atoms with Crippen LogP contribution in [-0.2, 0) is 9.47 Å². The first kappa shape index (κ1) is 11.5. The molecule has 0 spiro atoms. The van der Waals surface area contributed by atoms with Gasteiger partial charge < -0.3 is 15.2 Å². The van der Waals surface area contributed by atoms with Gasteiger partial charge in [0.05, 0.1) is 5.60 Å². The zero-order chi connectivity index (χ0) is 10.4. The highest BCUT2D eigenvalue weighted by atomic mass is 16.5. The molecule has 1 fully saturated rings. The van der Waals surface area contributed by atoms with Crippen molar-refractivity contribution in [2.24, 2.45) is 5.73 Å². The van der Waals surface area contributed by atoms with Gasteiger partial charge in [-0.1, -0.05) is 0 Å². The maximum atomic E-state index is 6.06. The summed E-state index contributed by atoms with van der Waals surface area (Å²) in [5, 5.41) is 0. The van der Waals surface area contributed by atoms with Gasteiger partial charge in [-0.15, -0.1) is 12.3 Å². The maximum Gasteiger partial charge on any atom is 0.0885 e. The smallest absolute Gasteiger partial charge is 0.0885 e. The Balaban J connectivity index is 2.64. The van der Waals surface area contributed by atoms with E-state index in [-0.39, 0.29) is 11.6 Å². The van der Waals surface area contributed by atoms with Crippen LogP contribution in [0, 0.1) is 12.3 Å². The van der Waals surface area contributed by atoms with Crippen molar-refractivity contribution in [3.8, 4) is 12.3 Å². The first-order valence-corrected chi connectivity index (χ1v) is 5.16. The number of terminal acetylenes is 1. The molecule has 0 bridgehead atoms. The maximum absolute atomic E-state index is 6.06. The summed E-state index contributed by atoms with van der Waals surface area (Å²) in [6.07, 6.45) is 7.55. The molecule has 0 amide bonds. The van der Waals surface area contributed by atoms with Crippen molar-refractivity contribution < 1.29 is 9.47 Å². The molecule has 3 heteroatoms. The van der Waals surface area contributed by atoms with Crippen molar-refractivity contribution in [3.05, 3.63) is 0 Å². The van der Waals surface area contributed by atoms with Gasteiger partial charge in [0.15, 0.2) is 0 Å². The van der Waals surface area contributed by atoms with Crippen LogP contribution >= 0.6 is 0 Å². The van der Waals surface area contributed by atoms with E-state index in [9.17, 15) is 0 Å². The molecule has 0 saturated carbocycles. The minimum atomic E-state index is -0.251. The molecule has 14 heavy (non-hydrogen) atoms. The molecule has 80 valence electrons. The largest absolute Gasteiger partial charge is 0.381 e. The lowest BCUT2D eigenvalue weighted by molar-refractivity contribution is -0.119. The molecule has 1 heterocycles.